The quantitative estimate of drug-likeness (QED) is 0.786. The van der Waals surface area contributed by atoms with Crippen LogP contribution in [0.25, 0.3) is 0 Å². The average molecular weight is 336 g/mol. The van der Waals surface area contributed by atoms with Gasteiger partial charge in [-0.1, -0.05) is 0 Å². The number of carbonyl (C=O) groups excluding carboxylic acids is 1. The van der Waals surface area contributed by atoms with Gasteiger partial charge in [0.25, 0.3) is 0 Å². The molecule has 0 amide bonds. The van der Waals surface area contributed by atoms with Gasteiger partial charge in [0, 0.05) is 16.4 Å². The fourth-order valence-corrected chi connectivity index (χ4v) is 2.04. The van der Waals surface area contributed by atoms with Crippen molar-refractivity contribution < 1.29 is 14.3 Å². The van der Waals surface area contributed by atoms with Gasteiger partial charge in [-0.25, -0.2) is 0 Å². The van der Waals surface area contributed by atoms with Gasteiger partial charge >= 0.3 is 0 Å². The maximum Gasteiger partial charge on any atom is 0.172 e. The first-order valence-corrected chi connectivity index (χ1v) is 6.79. The van der Waals surface area contributed by atoms with Gasteiger partial charge in [0.1, 0.15) is 11.5 Å². The van der Waals surface area contributed by atoms with E-state index in [2.05, 4.69) is 20.9 Å². The summed E-state index contributed by atoms with van der Waals surface area (Å²) in [5.41, 5.74) is 1.21. The van der Waals surface area contributed by atoms with E-state index < -0.39 is 0 Å². The Kier molecular flexibility index (Phi) is 4.74. The first-order valence-electron chi connectivity index (χ1n) is 5.99. The minimum Gasteiger partial charge on any atom is -0.497 e. The lowest BCUT2D eigenvalue weighted by atomic mass is 10.0. The molecule has 0 spiro atoms. The molecule has 0 saturated heterocycles. The molecule has 0 saturated carbocycles. The lowest BCUT2D eigenvalue weighted by molar-refractivity contribution is 0.0988. The molecule has 0 aliphatic rings. The third-order valence-electron chi connectivity index (χ3n) is 2.84. The highest BCUT2D eigenvalue weighted by Gasteiger charge is 2.14. The summed E-state index contributed by atoms with van der Waals surface area (Å²) in [5, 5.41) is 0. The van der Waals surface area contributed by atoms with Crippen LogP contribution in [-0.2, 0) is 6.42 Å². The molecule has 0 bridgehead atoms. The largest absolute Gasteiger partial charge is 0.497 e. The van der Waals surface area contributed by atoms with Gasteiger partial charge in [0.2, 0.25) is 0 Å². The van der Waals surface area contributed by atoms with E-state index in [0.717, 1.165) is 4.47 Å². The number of aromatic nitrogens is 1. The van der Waals surface area contributed by atoms with Crippen LogP contribution in [0.2, 0.25) is 0 Å². The fraction of sp³-hybridized carbons (Fsp3) is 0.200. The summed E-state index contributed by atoms with van der Waals surface area (Å²) in [6.45, 7) is 0. The van der Waals surface area contributed by atoms with Gasteiger partial charge < -0.3 is 9.47 Å². The molecule has 0 aliphatic carbocycles. The lowest BCUT2D eigenvalue weighted by Gasteiger charge is -2.09. The number of methoxy groups -OCH3 is 2. The molecule has 0 atom stereocenters. The highest BCUT2D eigenvalue weighted by atomic mass is 79.9. The Labute approximate surface area is 125 Å². The van der Waals surface area contributed by atoms with Crippen molar-refractivity contribution in [2.75, 3.05) is 14.2 Å². The fourth-order valence-electron chi connectivity index (χ4n) is 1.80. The summed E-state index contributed by atoms with van der Waals surface area (Å²) < 4.78 is 11.2. The van der Waals surface area contributed by atoms with E-state index in [9.17, 15) is 4.79 Å². The normalized spacial score (nSPS) is 10.2. The van der Waals surface area contributed by atoms with Crippen LogP contribution in [0.5, 0.6) is 11.5 Å². The summed E-state index contributed by atoms with van der Waals surface area (Å²) in [5.74, 6) is 1.10. The summed E-state index contributed by atoms with van der Waals surface area (Å²) in [4.78, 5) is 16.6. The molecule has 1 heterocycles. The number of ketones is 1. The summed E-state index contributed by atoms with van der Waals surface area (Å²) >= 11 is 3.31. The van der Waals surface area contributed by atoms with Crippen LogP contribution in [0.1, 0.15) is 16.1 Å². The van der Waals surface area contributed by atoms with Crippen molar-refractivity contribution in [2.24, 2.45) is 0 Å². The second kappa shape index (κ2) is 6.52. The smallest absolute Gasteiger partial charge is 0.172 e. The third-order valence-corrected chi connectivity index (χ3v) is 3.31. The predicted octanol–water partition coefficient (Wildman–Crippen LogP) is 3.29. The van der Waals surface area contributed by atoms with Gasteiger partial charge in [-0.05, 0) is 46.3 Å². The van der Waals surface area contributed by atoms with E-state index in [0.29, 0.717) is 22.8 Å². The van der Waals surface area contributed by atoms with Crippen molar-refractivity contribution in [2.45, 2.75) is 6.42 Å². The third kappa shape index (κ3) is 3.36. The number of benzene rings is 1. The number of rotatable bonds is 5. The molecule has 0 N–H and O–H groups in total. The van der Waals surface area contributed by atoms with E-state index in [1.54, 1.807) is 31.5 Å². The zero-order valence-electron chi connectivity index (χ0n) is 11.2. The minimum absolute atomic E-state index is 0.0597. The van der Waals surface area contributed by atoms with Crippen molar-refractivity contribution in [3.05, 3.63) is 52.3 Å². The van der Waals surface area contributed by atoms with Crippen LogP contribution in [0, 0.1) is 0 Å². The van der Waals surface area contributed by atoms with E-state index in [-0.39, 0.29) is 12.2 Å². The van der Waals surface area contributed by atoms with E-state index >= 15 is 0 Å². The molecule has 0 radical (unpaired) electrons. The van der Waals surface area contributed by atoms with E-state index in [1.165, 1.54) is 7.11 Å². The van der Waals surface area contributed by atoms with Crippen LogP contribution in [0.15, 0.2) is 41.0 Å². The first-order chi connectivity index (χ1) is 9.63. The number of pyridine rings is 1. The number of halogens is 1. The molecule has 20 heavy (non-hydrogen) atoms. The molecule has 0 fully saturated rings. The van der Waals surface area contributed by atoms with Crippen molar-refractivity contribution >= 4 is 21.7 Å². The van der Waals surface area contributed by atoms with Crippen LogP contribution < -0.4 is 9.47 Å². The molecule has 1 aromatic heterocycles. The number of nitrogens with zero attached hydrogens (tertiary/aromatic N) is 1. The zero-order chi connectivity index (χ0) is 14.5. The molecule has 0 unspecified atom stereocenters. The molecule has 5 heteroatoms. The van der Waals surface area contributed by atoms with Gasteiger partial charge in [-0.3, -0.25) is 9.78 Å². The molecule has 104 valence electrons. The van der Waals surface area contributed by atoms with Crippen molar-refractivity contribution in [1.82, 2.24) is 4.98 Å². The lowest BCUT2D eigenvalue weighted by Crippen LogP contribution is -2.07. The Bertz CT molecular complexity index is 611. The number of hydrogen-bond acceptors (Lipinski definition) is 4. The number of Topliss-reactive ketones (excluding diaryl/α,β-unsaturated/α-hetero) is 1. The molecule has 1 aromatic carbocycles. The van der Waals surface area contributed by atoms with E-state index in [1.807, 2.05) is 12.1 Å². The highest BCUT2D eigenvalue weighted by molar-refractivity contribution is 9.10. The van der Waals surface area contributed by atoms with Crippen LogP contribution >= 0.6 is 15.9 Å². The summed E-state index contributed by atoms with van der Waals surface area (Å²) in [7, 11) is 3.10. The van der Waals surface area contributed by atoms with Crippen molar-refractivity contribution in [1.29, 1.82) is 0 Å². The van der Waals surface area contributed by atoms with E-state index in [4.69, 9.17) is 9.47 Å². The molecule has 2 rings (SSSR count). The maximum atomic E-state index is 12.4. The Morgan fingerprint density at radius 3 is 2.60 bits per heavy atom. The molecule has 2 aromatic rings. The molecule has 0 aliphatic heterocycles. The highest BCUT2D eigenvalue weighted by Crippen LogP contribution is 2.25. The SMILES string of the molecule is COc1ccc(OC)c(C(=O)Cc2ccc(Br)cn2)c1. The Morgan fingerprint density at radius 1 is 1.20 bits per heavy atom. The van der Waals surface area contributed by atoms with Crippen LogP contribution in [-0.4, -0.2) is 25.0 Å². The second-order valence-electron chi connectivity index (χ2n) is 4.13. The average Bonchev–Trinajstić information content (AvgIpc) is 2.48. The maximum absolute atomic E-state index is 12.4. The van der Waals surface area contributed by atoms with Gasteiger partial charge in [0.15, 0.2) is 5.78 Å². The summed E-state index contributed by atoms with van der Waals surface area (Å²) in [6, 6.07) is 8.83. The Balaban J connectivity index is 2.25. The first kappa shape index (κ1) is 14.5. The number of ether oxygens (including phenoxy) is 2. The summed E-state index contributed by atoms with van der Waals surface area (Å²) in [6.07, 6.45) is 1.89. The molecular weight excluding hydrogens is 322 g/mol. The molecular formula is C15H14BrNO3. The standard InChI is InChI=1S/C15H14BrNO3/c1-19-12-5-6-15(20-2)13(8-12)14(18)7-11-4-3-10(16)9-17-11/h3-6,8-9H,7H2,1-2H3. The van der Waals surface area contributed by atoms with Crippen LogP contribution in [0.3, 0.4) is 0 Å². The zero-order valence-corrected chi connectivity index (χ0v) is 12.8. The molecule has 4 nitrogen and oxygen atoms in total. The van der Waals surface area contributed by atoms with Gasteiger partial charge in [-0.15, -0.1) is 0 Å². The van der Waals surface area contributed by atoms with Crippen LogP contribution in [0.4, 0.5) is 0 Å². The monoisotopic (exact) mass is 335 g/mol. The Morgan fingerprint density at radius 2 is 2.00 bits per heavy atom. The topological polar surface area (TPSA) is 48.4 Å². The second-order valence-corrected chi connectivity index (χ2v) is 5.05. The minimum atomic E-state index is -0.0597. The number of carbonyl (C=O) groups is 1. The number of hydrogen-bond donors (Lipinski definition) is 0. The van der Waals surface area contributed by atoms with Gasteiger partial charge in [0.05, 0.1) is 26.2 Å². The van der Waals surface area contributed by atoms with Gasteiger partial charge in [-0.2, -0.15) is 0 Å². The predicted molar refractivity (Wildman–Crippen MR) is 79.5 cm³/mol. The van der Waals surface area contributed by atoms with Crippen molar-refractivity contribution in [3.63, 3.8) is 0 Å². The Hall–Kier alpha value is -1.88. The van der Waals surface area contributed by atoms with Crippen molar-refractivity contribution in [3.8, 4) is 11.5 Å².